The van der Waals surface area contributed by atoms with E-state index in [1.54, 1.807) is 0 Å². The predicted molar refractivity (Wildman–Crippen MR) is 80.0 cm³/mol. The zero-order valence-corrected chi connectivity index (χ0v) is 12.0. The van der Waals surface area contributed by atoms with E-state index in [9.17, 15) is 0 Å². The molecule has 0 saturated carbocycles. The Labute approximate surface area is 118 Å². The van der Waals surface area contributed by atoms with Crippen LogP contribution in [0, 0.1) is 13.8 Å². The maximum absolute atomic E-state index is 4.80. The van der Waals surface area contributed by atoms with Crippen molar-refractivity contribution in [1.29, 1.82) is 0 Å². The minimum absolute atomic E-state index is 0.527. The van der Waals surface area contributed by atoms with Gasteiger partial charge in [0.25, 0.3) is 0 Å². The van der Waals surface area contributed by atoms with E-state index in [0.29, 0.717) is 5.92 Å². The number of imidazole rings is 1. The van der Waals surface area contributed by atoms with Gasteiger partial charge in [-0.3, -0.25) is 4.40 Å². The molecule has 1 aliphatic carbocycles. The van der Waals surface area contributed by atoms with Crippen LogP contribution in [0.3, 0.4) is 0 Å². The van der Waals surface area contributed by atoms with Gasteiger partial charge in [0.2, 0.25) is 5.78 Å². The standard InChI is InChI=1S/C17H17N3/c1-10-8-15-16(14-7-5-4-6-13(10)14)19-17-18-11(2)9-12(3)20(15)17/h4-7,9-10H,8H2,1-3H3. The van der Waals surface area contributed by atoms with Gasteiger partial charge in [0.1, 0.15) is 0 Å². The Kier molecular flexibility index (Phi) is 2.28. The quantitative estimate of drug-likeness (QED) is 0.619. The number of aryl methyl sites for hydroxylation is 2. The molecule has 3 heteroatoms. The monoisotopic (exact) mass is 263 g/mol. The molecule has 1 unspecified atom stereocenters. The highest BCUT2D eigenvalue weighted by molar-refractivity contribution is 5.72. The van der Waals surface area contributed by atoms with Crippen LogP contribution in [0.5, 0.6) is 0 Å². The molecule has 20 heavy (non-hydrogen) atoms. The molecule has 1 atom stereocenters. The molecule has 0 amide bonds. The summed E-state index contributed by atoms with van der Waals surface area (Å²) < 4.78 is 2.22. The Morgan fingerprint density at radius 3 is 2.80 bits per heavy atom. The van der Waals surface area contributed by atoms with Crippen LogP contribution in [0.2, 0.25) is 0 Å². The number of aromatic nitrogens is 3. The second-order valence-electron chi connectivity index (χ2n) is 5.77. The molecule has 0 aliphatic heterocycles. The van der Waals surface area contributed by atoms with Crippen LogP contribution in [0.15, 0.2) is 30.3 Å². The van der Waals surface area contributed by atoms with E-state index in [4.69, 9.17) is 4.98 Å². The third-order valence-corrected chi connectivity index (χ3v) is 4.25. The first kappa shape index (κ1) is 11.6. The molecule has 0 bridgehead atoms. The van der Waals surface area contributed by atoms with E-state index in [0.717, 1.165) is 23.6 Å². The minimum atomic E-state index is 0.527. The summed E-state index contributed by atoms with van der Waals surface area (Å²) in [6.45, 7) is 6.45. The van der Waals surface area contributed by atoms with Gasteiger partial charge in [-0.1, -0.05) is 31.2 Å². The summed E-state index contributed by atoms with van der Waals surface area (Å²) in [7, 11) is 0. The summed E-state index contributed by atoms with van der Waals surface area (Å²) in [6, 6.07) is 10.7. The van der Waals surface area contributed by atoms with Crippen LogP contribution in [0.4, 0.5) is 0 Å². The van der Waals surface area contributed by atoms with Crippen LogP contribution in [0.1, 0.15) is 35.5 Å². The van der Waals surface area contributed by atoms with Crippen molar-refractivity contribution < 1.29 is 0 Å². The fourth-order valence-electron chi connectivity index (χ4n) is 3.39. The highest BCUT2D eigenvalue weighted by Crippen LogP contribution is 2.39. The van der Waals surface area contributed by atoms with E-state index >= 15 is 0 Å². The molecule has 0 N–H and O–H groups in total. The number of nitrogens with zero attached hydrogens (tertiary/aromatic N) is 3. The maximum atomic E-state index is 4.80. The molecule has 1 aromatic carbocycles. The van der Waals surface area contributed by atoms with Crippen LogP contribution in [0.25, 0.3) is 17.0 Å². The Hall–Kier alpha value is -2.16. The van der Waals surface area contributed by atoms with Gasteiger partial charge < -0.3 is 0 Å². The van der Waals surface area contributed by atoms with Crippen molar-refractivity contribution in [1.82, 2.24) is 14.4 Å². The largest absolute Gasteiger partial charge is 0.285 e. The van der Waals surface area contributed by atoms with Gasteiger partial charge in [-0.15, -0.1) is 0 Å². The first-order valence-electron chi connectivity index (χ1n) is 7.10. The zero-order valence-electron chi connectivity index (χ0n) is 12.0. The molecule has 0 spiro atoms. The summed E-state index contributed by atoms with van der Waals surface area (Å²) >= 11 is 0. The second-order valence-corrected chi connectivity index (χ2v) is 5.77. The van der Waals surface area contributed by atoms with Crippen molar-refractivity contribution in [3.63, 3.8) is 0 Å². The Morgan fingerprint density at radius 1 is 1.15 bits per heavy atom. The summed E-state index contributed by atoms with van der Waals surface area (Å²) in [5.41, 5.74) is 7.32. The Morgan fingerprint density at radius 2 is 1.95 bits per heavy atom. The van der Waals surface area contributed by atoms with Crippen molar-refractivity contribution in [3.05, 3.63) is 53.0 Å². The molecule has 100 valence electrons. The molecule has 3 aromatic rings. The fourth-order valence-corrected chi connectivity index (χ4v) is 3.39. The number of benzene rings is 1. The highest BCUT2D eigenvalue weighted by atomic mass is 15.1. The normalized spacial score (nSPS) is 17.1. The zero-order chi connectivity index (χ0) is 13.9. The smallest absolute Gasteiger partial charge is 0.235 e. The third-order valence-electron chi connectivity index (χ3n) is 4.25. The molecule has 0 fully saturated rings. The van der Waals surface area contributed by atoms with Gasteiger partial charge in [-0.2, -0.15) is 0 Å². The van der Waals surface area contributed by atoms with E-state index in [-0.39, 0.29) is 0 Å². The lowest BCUT2D eigenvalue weighted by molar-refractivity contribution is 0.719. The van der Waals surface area contributed by atoms with Crippen molar-refractivity contribution in [2.45, 2.75) is 33.1 Å². The minimum Gasteiger partial charge on any atom is -0.285 e. The van der Waals surface area contributed by atoms with E-state index in [1.165, 1.54) is 22.5 Å². The number of rotatable bonds is 0. The fraction of sp³-hybridized carbons (Fsp3) is 0.294. The molecule has 0 radical (unpaired) electrons. The van der Waals surface area contributed by atoms with Gasteiger partial charge in [-0.25, -0.2) is 9.97 Å². The summed E-state index contributed by atoms with van der Waals surface area (Å²) in [5, 5.41) is 0. The number of hydrogen-bond donors (Lipinski definition) is 0. The van der Waals surface area contributed by atoms with Crippen LogP contribution >= 0.6 is 0 Å². The van der Waals surface area contributed by atoms with Crippen molar-refractivity contribution >= 4 is 5.78 Å². The molecule has 4 rings (SSSR count). The molecule has 2 aromatic heterocycles. The van der Waals surface area contributed by atoms with Crippen LogP contribution in [-0.4, -0.2) is 14.4 Å². The first-order chi connectivity index (χ1) is 9.65. The molecule has 1 aliphatic rings. The van der Waals surface area contributed by atoms with Gasteiger partial charge in [0.05, 0.1) is 11.4 Å². The molecule has 2 heterocycles. The van der Waals surface area contributed by atoms with Crippen molar-refractivity contribution in [3.8, 4) is 11.3 Å². The topological polar surface area (TPSA) is 30.2 Å². The van der Waals surface area contributed by atoms with Crippen LogP contribution < -0.4 is 0 Å². The van der Waals surface area contributed by atoms with Crippen molar-refractivity contribution in [2.75, 3.05) is 0 Å². The lowest BCUT2D eigenvalue weighted by atomic mass is 9.84. The molecule has 0 saturated heterocycles. The summed E-state index contributed by atoms with van der Waals surface area (Å²) in [6.07, 6.45) is 1.03. The third kappa shape index (κ3) is 1.46. The average molecular weight is 263 g/mol. The van der Waals surface area contributed by atoms with Gasteiger partial charge >= 0.3 is 0 Å². The lowest BCUT2D eigenvalue weighted by Crippen LogP contribution is -2.10. The predicted octanol–water partition coefficient (Wildman–Crippen LogP) is 3.67. The lowest BCUT2D eigenvalue weighted by Gasteiger charge is -2.22. The Balaban J connectivity index is 2.11. The van der Waals surface area contributed by atoms with E-state index < -0.39 is 0 Å². The molecular formula is C17H17N3. The molecular weight excluding hydrogens is 246 g/mol. The summed E-state index contributed by atoms with van der Waals surface area (Å²) in [5.74, 6) is 1.36. The average Bonchev–Trinajstić information content (AvgIpc) is 2.77. The van der Waals surface area contributed by atoms with Crippen LogP contribution in [-0.2, 0) is 6.42 Å². The summed E-state index contributed by atoms with van der Waals surface area (Å²) in [4.78, 5) is 9.39. The SMILES string of the molecule is Cc1cc(C)n2c3c(nc2n1)-c1ccccc1C(C)C3. The van der Waals surface area contributed by atoms with Gasteiger partial charge in [0.15, 0.2) is 0 Å². The van der Waals surface area contributed by atoms with E-state index in [2.05, 4.69) is 53.6 Å². The van der Waals surface area contributed by atoms with E-state index in [1.807, 2.05) is 6.92 Å². The Bertz CT molecular complexity index is 830. The highest BCUT2D eigenvalue weighted by Gasteiger charge is 2.26. The number of hydrogen-bond acceptors (Lipinski definition) is 2. The van der Waals surface area contributed by atoms with Crippen molar-refractivity contribution in [2.24, 2.45) is 0 Å². The maximum Gasteiger partial charge on any atom is 0.235 e. The van der Waals surface area contributed by atoms with Gasteiger partial charge in [0, 0.05) is 17.0 Å². The second kappa shape index (κ2) is 3.92. The number of fused-ring (bicyclic) bond motifs is 5. The molecule has 3 nitrogen and oxygen atoms in total. The first-order valence-corrected chi connectivity index (χ1v) is 7.10. The van der Waals surface area contributed by atoms with Gasteiger partial charge in [-0.05, 0) is 37.8 Å².